The van der Waals surface area contributed by atoms with Crippen LogP contribution in [0.25, 0.3) is 0 Å². The summed E-state index contributed by atoms with van der Waals surface area (Å²) in [5.41, 5.74) is 0.605. The molecule has 1 aliphatic rings. The number of nitrogens with zero attached hydrogens (tertiary/aromatic N) is 6. The average molecular weight is 329 g/mol. The van der Waals surface area contributed by atoms with Gasteiger partial charge in [-0.2, -0.15) is 5.10 Å². The topological polar surface area (TPSA) is 79.2 Å². The van der Waals surface area contributed by atoms with Crippen molar-refractivity contribution in [2.24, 2.45) is 0 Å². The fourth-order valence-corrected chi connectivity index (χ4v) is 2.52. The van der Waals surface area contributed by atoms with E-state index in [0.29, 0.717) is 24.7 Å². The van der Waals surface area contributed by atoms with Crippen LogP contribution in [0.15, 0.2) is 30.9 Å². The molecule has 0 radical (unpaired) electrons. The van der Waals surface area contributed by atoms with Gasteiger partial charge in [-0.15, -0.1) is 0 Å². The molecule has 8 nitrogen and oxygen atoms in total. The molecule has 128 valence electrons. The van der Waals surface area contributed by atoms with E-state index in [4.69, 9.17) is 0 Å². The maximum atomic E-state index is 12.4. The molecule has 24 heavy (non-hydrogen) atoms. The van der Waals surface area contributed by atoms with Crippen molar-refractivity contribution in [2.75, 3.05) is 36.4 Å². The highest BCUT2D eigenvalue weighted by atomic mass is 16.2. The predicted octanol–water partition coefficient (Wildman–Crippen LogP) is 1.78. The molecule has 0 aliphatic carbocycles. The van der Waals surface area contributed by atoms with Crippen LogP contribution >= 0.6 is 0 Å². The number of aromatic nitrogens is 4. The molecule has 2 aromatic rings. The second-order valence-corrected chi connectivity index (χ2v) is 6.80. The molecule has 2 aromatic heterocycles. The molecule has 0 bridgehead atoms. The van der Waals surface area contributed by atoms with Gasteiger partial charge in [0.2, 0.25) is 5.95 Å². The number of anilines is 2. The number of carbonyl (C=O) groups excluding carboxylic acids is 1. The molecule has 1 fully saturated rings. The van der Waals surface area contributed by atoms with E-state index in [2.05, 4.69) is 46.1 Å². The summed E-state index contributed by atoms with van der Waals surface area (Å²) in [5, 5.41) is 7.21. The van der Waals surface area contributed by atoms with Crippen LogP contribution in [-0.4, -0.2) is 56.9 Å². The number of urea groups is 1. The summed E-state index contributed by atoms with van der Waals surface area (Å²) < 4.78 is 1.84. The standard InChI is InChI=1S/C16H23N7O/c1-16(2,3)23-12-13(11-19-23)20-15(24)22-9-7-21(8-10-22)14-17-5-4-6-18-14/h4-6,11-12H,7-10H2,1-3H3,(H,20,24). The van der Waals surface area contributed by atoms with Gasteiger partial charge < -0.3 is 15.1 Å². The Morgan fingerprint density at radius 3 is 2.38 bits per heavy atom. The first-order valence-electron chi connectivity index (χ1n) is 8.06. The smallest absolute Gasteiger partial charge is 0.322 e. The van der Waals surface area contributed by atoms with Crippen LogP contribution in [0.4, 0.5) is 16.4 Å². The zero-order valence-electron chi connectivity index (χ0n) is 14.3. The number of rotatable bonds is 2. The molecule has 1 aliphatic heterocycles. The number of amides is 2. The van der Waals surface area contributed by atoms with E-state index in [1.165, 1.54) is 0 Å². The summed E-state index contributed by atoms with van der Waals surface area (Å²) in [6, 6.07) is 1.70. The summed E-state index contributed by atoms with van der Waals surface area (Å²) in [7, 11) is 0. The largest absolute Gasteiger partial charge is 0.337 e. The van der Waals surface area contributed by atoms with Crippen molar-refractivity contribution in [1.82, 2.24) is 24.6 Å². The molecule has 0 atom stereocenters. The van der Waals surface area contributed by atoms with Gasteiger partial charge >= 0.3 is 6.03 Å². The molecule has 3 heterocycles. The van der Waals surface area contributed by atoms with Crippen molar-refractivity contribution >= 4 is 17.7 Å². The average Bonchev–Trinajstić information content (AvgIpc) is 3.05. The summed E-state index contributed by atoms with van der Waals surface area (Å²) in [6.45, 7) is 8.91. The van der Waals surface area contributed by atoms with Crippen molar-refractivity contribution in [1.29, 1.82) is 0 Å². The first-order valence-corrected chi connectivity index (χ1v) is 8.06. The van der Waals surface area contributed by atoms with Crippen LogP contribution in [-0.2, 0) is 5.54 Å². The van der Waals surface area contributed by atoms with E-state index in [1.807, 2.05) is 10.9 Å². The SMILES string of the molecule is CC(C)(C)n1cc(NC(=O)N2CCN(c3ncccn3)CC2)cn1. The van der Waals surface area contributed by atoms with Crippen molar-refractivity contribution < 1.29 is 4.79 Å². The Balaban J connectivity index is 1.55. The minimum atomic E-state index is -0.107. The normalized spacial score (nSPS) is 15.5. The van der Waals surface area contributed by atoms with E-state index < -0.39 is 0 Å². The van der Waals surface area contributed by atoms with Gasteiger partial charge in [-0.1, -0.05) is 0 Å². The van der Waals surface area contributed by atoms with Crippen LogP contribution in [0.5, 0.6) is 0 Å². The van der Waals surface area contributed by atoms with Gasteiger partial charge in [-0.3, -0.25) is 4.68 Å². The summed E-state index contributed by atoms with van der Waals surface area (Å²) >= 11 is 0. The zero-order valence-corrected chi connectivity index (χ0v) is 14.3. The Labute approximate surface area is 141 Å². The number of nitrogens with one attached hydrogen (secondary N) is 1. The number of piperazine rings is 1. The fourth-order valence-electron chi connectivity index (χ4n) is 2.52. The van der Waals surface area contributed by atoms with E-state index in [0.717, 1.165) is 13.1 Å². The van der Waals surface area contributed by atoms with Crippen molar-refractivity contribution in [3.63, 3.8) is 0 Å². The van der Waals surface area contributed by atoms with Gasteiger partial charge in [0, 0.05) is 44.8 Å². The molecule has 0 spiro atoms. The number of hydrogen-bond donors (Lipinski definition) is 1. The predicted molar refractivity (Wildman–Crippen MR) is 92.1 cm³/mol. The molecule has 3 rings (SSSR count). The maximum absolute atomic E-state index is 12.4. The minimum Gasteiger partial charge on any atom is -0.337 e. The Hall–Kier alpha value is -2.64. The van der Waals surface area contributed by atoms with Gasteiger partial charge in [-0.05, 0) is 26.8 Å². The molecule has 1 N–H and O–H groups in total. The zero-order chi connectivity index (χ0) is 17.2. The lowest BCUT2D eigenvalue weighted by Crippen LogP contribution is -2.50. The fraction of sp³-hybridized carbons (Fsp3) is 0.500. The van der Waals surface area contributed by atoms with Crippen LogP contribution in [0.1, 0.15) is 20.8 Å². The lowest BCUT2D eigenvalue weighted by atomic mass is 10.1. The monoisotopic (exact) mass is 329 g/mol. The van der Waals surface area contributed by atoms with Crippen LogP contribution in [0.2, 0.25) is 0 Å². The Morgan fingerprint density at radius 1 is 1.12 bits per heavy atom. The highest BCUT2D eigenvalue weighted by Crippen LogP contribution is 2.16. The molecular formula is C16H23N7O. The van der Waals surface area contributed by atoms with Gasteiger partial charge in [0.1, 0.15) is 0 Å². The van der Waals surface area contributed by atoms with Gasteiger partial charge in [-0.25, -0.2) is 14.8 Å². The third kappa shape index (κ3) is 3.64. The molecule has 0 aromatic carbocycles. The van der Waals surface area contributed by atoms with Crippen LogP contribution in [0.3, 0.4) is 0 Å². The highest BCUT2D eigenvalue weighted by Gasteiger charge is 2.23. The number of carbonyl (C=O) groups is 1. The first-order chi connectivity index (χ1) is 11.4. The van der Waals surface area contributed by atoms with Gasteiger partial charge in [0.25, 0.3) is 0 Å². The second-order valence-electron chi connectivity index (χ2n) is 6.80. The third-order valence-corrected chi connectivity index (χ3v) is 3.92. The first kappa shape index (κ1) is 16.2. The van der Waals surface area contributed by atoms with Gasteiger partial charge in [0.05, 0.1) is 17.4 Å². The van der Waals surface area contributed by atoms with E-state index in [9.17, 15) is 4.79 Å². The van der Waals surface area contributed by atoms with E-state index in [-0.39, 0.29) is 11.6 Å². The Kier molecular flexibility index (Phi) is 4.37. The lowest BCUT2D eigenvalue weighted by molar-refractivity contribution is 0.208. The summed E-state index contributed by atoms with van der Waals surface area (Å²) in [4.78, 5) is 24.8. The molecule has 0 saturated carbocycles. The minimum absolute atomic E-state index is 0.0999. The lowest BCUT2D eigenvalue weighted by Gasteiger charge is -2.34. The number of hydrogen-bond acceptors (Lipinski definition) is 5. The molecule has 0 unspecified atom stereocenters. The summed E-state index contributed by atoms with van der Waals surface area (Å²) in [6.07, 6.45) is 6.99. The molecule has 1 saturated heterocycles. The molecule has 2 amide bonds. The van der Waals surface area contributed by atoms with Gasteiger partial charge in [0.15, 0.2) is 0 Å². The van der Waals surface area contributed by atoms with Crippen LogP contribution < -0.4 is 10.2 Å². The highest BCUT2D eigenvalue weighted by molar-refractivity contribution is 5.89. The van der Waals surface area contributed by atoms with E-state index in [1.54, 1.807) is 29.6 Å². The summed E-state index contributed by atoms with van der Waals surface area (Å²) in [5.74, 6) is 0.712. The Morgan fingerprint density at radius 2 is 1.79 bits per heavy atom. The van der Waals surface area contributed by atoms with Crippen LogP contribution in [0, 0.1) is 0 Å². The van der Waals surface area contributed by atoms with E-state index >= 15 is 0 Å². The van der Waals surface area contributed by atoms with Crippen molar-refractivity contribution in [3.8, 4) is 0 Å². The van der Waals surface area contributed by atoms with Crippen molar-refractivity contribution in [3.05, 3.63) is 30.9 Å². The van der Waals surface area contributed by atoms with Crippen molar-refractivity contribution in [2.45, 2.75) is 26.3 Å². The molecular weight excluding hydrogens is 306 g/mol. The third-order valence-electron chi connectivity index (χ3n) is 3.92. The quantitative estimate of drug-likeness (QED) is 0.908. The maximum Gasteiger partial charge on any atom is 0.322 e. The second kappa shape index (κ2) is 6.46. The Bertz CT molecular complexity index is 684. The molecule has 8 heteroatoms.